The Morgan fingerprint density at radius 3 is 2.68 bits per heavy atom. The van der Waals surface area contributed by atoms with Gasteiger partial charge in [0, 0.05) is 12.1 Å². The van der Waals surface area contributed by atoms with Crippen molar-refractivity contribution < 1.29 is 18.7 Å². The highest BCUT2D eigenvalue weighted by molar-refractivity contribution is 7.16. The lowest BCUT2D eigenvalue weighted by molar-refractivity contribution is 0.0997. The summed E-state index contributed by atoms with van der Waals surface area (Å²) in [7, 11) is 0. The van der Waals surface area contributed by atoms with Gasteiger partial charge in [-0.25, -0.2) is 4.39 Å². The Labute approximate surface area is 166 Å². The fourth-order valence-electron chi connectivity index (χ4n) is 2.81. The second kappa shape index (κ2) is 8.84. The highest BCUT2D eigenvalue weighted by Gasteiger charge is 2.14. The van der Waals surface area contributed by atoms with Gasteiger partial charge in [0.05, 0.1) is 23.4 Å². The summed E-state index contributed by atoms with van der Waals surface area (Å²) in [5, 5.41) is 0. The predicted octanol–water partition coefficient (Wildman–Crippen LogP) is 4.57. The summed E-state index contributed by atoms with van der Waals surface area (Å²) in [6.07, 6.45) is 1.65. The summed E-state index contributed by atoms with van der Waals surface area (Å²) < 4.78 is 27.8. The van der Waals surface area contributed by atoms with E-state index >= 15 is 0 Å². The maximum atomic E-state index is 14.3. The third-order valence-electron chi connectivity index (χ3n) is 3.95. The van der Waals surface area contributed by atoms with Gasteiger partial charge in [-0.3, -0.25) is 4.79 Å². The van der Waals surface area contributed by atoms with Crippen LogP contribution >= 0.6 is 11.3 Å². The molecule has 0 radical (unpaired) electrons. The summed E-state index contributed by atoms with van der Waals surface area (Å²) in [6, 6.07) is 9.78. The molecule has 0 saturated heterocycles. The monoisotopic (exact) mass is 400 g/mol. The Balaban J connectivity index is 2.07. The molecule has 0 N–H and O–H groups in total. The summed E-state index contributed by atoms with van der Waals surface area (Å²) in [4.78, 5) is 17.4. The zero-order valence-electron chi connectivity index (χ0n) is 15.8. The predicted molar refractivity (Wildman–Crippen MR) is 109 cm³/mol. The number of para-hydroxylation sites is 1. The van der Waals surface area contributed by atoms with E-state index in [4.69, 9.17) is 9.47 Å². The first-order valence-corrected chi connectivity index (χ1v) is 9.78. The fraction of sp³-hybridized carbons (Fsp3) is 0.238. The quantitative estimate of drug-likeness (QED) is 0.546. The molecule has 3 rings (SSSR count). The minimum Gasteiger partial charge on any atom is -0.490 e. The van der Waals surface area contributed by atoms with Crippen molar-refractivity contribution in [3.8, 4) is 11.5 Å². The van der Waals surface area contributed by atoms with Crippen molar-refractivity contribution in [3.63, 3.8) is 0 Å². The molecule has 3 aromatic rings. The average Bonchev–Trinajstić information content (AvgIpc) is 3.02. The van der Waals surface area contributed by atoms with E-state index in [1.54, 1.807) is 41.0 Å². The number of aromatic nitrogens is 1. The van der Waals surface area contributed by atoms with Crippen LogP contribution in [0, 0.1) is 5.82 Å². The van der Waals surface area contributed by atoms with E-state index < -0.39 is 5.91 Å². The molecule has 28 heavy (non-hydrogen) atoms. The first kappa shape index (κ1) is 19.8. The van der Waals surface area contributed by atoms with E-state index in [-0.39, 0.29) is 5.82 Å². The molecule has 2 aromatic carbocycles. The number of carbonyl (C=O) groups excluding carboxylic acids is 1. The lowest BCUT2D eigenvalue weighted by Gasteiger charge is -2.11. The van der Waals surface area contributed by atoms with Crippen molar-refractivity contribution in [2.45, 2.75) is 20.4 Å². The van der Waals surface area contributed by atoms with Crippen LogP contribution in [-0.2, 0) is 6.54 Å². The minimum atomic E-state index is -0.436. The van der Waals surface area contributed by atoms with Crippen molar-refractivity contribution >= 4 is 27.5 Å². The van der Waals surface area contributed by atoms with Gasteiger partial charge in [0.15, 0.2) is 16.3 Å². The minimum absolute atomic E-state index is 0.348. The Kier molecular flexibility index (Phi) is 6.26. The number of ether oxygens (including phenoxy) is 2. The molecule has 146 valence electrons. The summed E-state index contributed by atoms with van der Waals surface area (Å²) in [5.41, 5.74) is 0.788. The van der Waals surface area contributed by atoms with Crippen molar-refractivity contribution in [1.29, 1.82) is 0 Å². The number of carbonyl (C=O) groups is 1. The molecule has 0 saturated carbocycles. The molecule has 0 aliphatic carbocycles. The van der Waals surface area contributed by atoms with Crippen LogP contribution in [0.4, 0.5) is 4.39 Å². The van der Waals surface area contributed by atoms with Crippen LogP contribution in [-0.4, -0.2) is 23.7 Å². The molecule has 0 aliphatic heterocycles. The number of nitrogens with zero attached hydrogens (tertiary/aromatic N) is 2. The summed E-state index contributed by atoms with van der Waals surface area (Å²) >= 11 is 1.26. The van der Waals surface area contributed by atoms with Crippen molar-refractivity contribution in [1.82, 2.24) is 4.57 Å². The molecule has 0 spiro atoms. The largest absolute Gasteiger partial charge is 0.490 e. The Morgan fingerprint density at radius 2 is 1.96 bits per heavy atom. The molecule has 1 heterocycles. The smallest absolute Gasteiger partial charge is 0.279 e. The van der Waals surface area contributed by atoms with Crippen molar-refractivity contribution in [3.05, 3.63) is 65.2 Å². The van der Waals surface area contributed by atoms with Gasteiger partial charge in [-0.05, 0) is 44.2 Å². The molecule has 0 aliphatic rings. The molecule has 1 aromatic heterocycles. The van der Waals surface area contributed by atoms with Crippen LogP contribution in [0.5, 0.6) is 11.5 Å². The number of thiazole rings is 1. The molecule has 0 atom stereocenters. The standard InChI is InChI=1S/C21H21FN2O3S/c1-4-12-24-19-15(22)8-7-9-18(19)28-21(24)23-20(25)14-10-11-16(26-5-2)17(13-14)27-6-3/h4,7-11,13H,1,5-6,12H2,2-3H3. The molecule has 7 heteroatoms. The number of benzene rings is 2. The molecular weight excluding hydrogens is 379 g/mol. The maximum Gasteiger partial charge on any atom is 0.279 e. The number of amides is 1. The van der Waals surface area contributed by atoms with E-state index in [9.17, 15) is 9.18 Å². The lowest BCUT2D eigenvalue weighted by Crippen LogP contribution is -2.16. The van der Waals surface area contributed by atoms with Crippen LogP contribution in [0.2, 0.25) is 0 Å². The van der Waals surface area contributed by atoms with Crippen molar-refractivity contribution in [2.75, 3.05) is 13.2 Å². The molecule has 0 fully saturated rings. The van der Waals surface area contributed by atoms with Gasteiger partial charge in [-0.15, -0.1) is 6.58 Å². The van der Waals surface area contributed by atoms with Crippen LogP contribution < -0.4 is 14.3 Å². The van der Waals surface area contributed by atoms with E-state index in [0.29, 0.717) is 47.1 Å². The fourth-order valence-corrected chi connectivity index (χ4v) is 3.86. The first-order chi connectivity index (χ1) is 13.6. The van der Waals surface area contributed by atoms with Gasteiger partial charge in [0.2, 0.25) is 0 Å². The van der Waals surface area contributed by atoms with Gasteiger partial charge < -0.3 is 14.0 Å². The average molecular weight is 400 g/mol. The Morgan fingerprint density at radius 1 is 1.21 bits per heavy atom. The maximum absolute atomic E-state index is 14.3. The van der Waals surface area contributed by atoms with Crippen LogP contribution in [0.3, 0.4) is 0 Å². The van der Waals surface area contributed by atoms with E-state index in [1.165, 1.54) is 17.4 Å². The summed E-state index contributed by atoms with van der Waals surface area (Å²) in [6.45, 7) is 8.74. The molecule has 0 bridgehead atoms. The normalized spacial score (nSPS) is 11.6. The van der Waals surface area contributed by atoms with Crippen LogP contribution in [0.15, 0.2) is 54.0 Å². The van der Waals surface area contributed by atoms with Gasteiger partial charge in [0.25, 0.3) is 5.91 Å². The lowest BCUT2D eigenvalue weighted by atomic mass is 10.2. The second-order valence-corrected chi connectivity index (χ2v) is 6.82. The van der Waals surface area contributed by atoms with Crippen molar-refractivity contribution in [2.24, 2.45) is 4.99 Å². The molecular formula is C21H21FN2O3S. The summed E-state index contributed by atoms with van der Waals surface area (Å²) in [5.74, 6) is 0.274. The molecule has 1 amide bonds. The number of hydrogen-bond acceptors (Lipinski definition) is 4. The van der Waals surface area contributed by atoms with Crippen LogP contribution in [0.25, 0.3) is 10.2 Å². The number of fused-ring (bicyclic) bond motifs is 1. The Bertz CT molecular complexity index is 1080. The SMILES string of the molecule is C=CCn1c(=NC(=O)c2ccc(OCC)c(OCC)c2)sc2cccc(F)c21. The number of halogens is 1. The highest BCUT2D eigenvalue weighted by atomic mass is 32.1. The van der Waals surface area contributed by atoms with Gasteiger partial charge in [-0.2, -0.15) is 4.99 Å². The Hall–Kier alpha value is -2.93. The van der Waals surface area contributed by atoms with Gasteiger partial charge in [-0.1, -0.05) is 23.5 Å². The second-order valence-electron chi connectivity index (χ2n) is 5.81. The van der Waals surface area contributed by atoms with Gasteiger partial charge >= 0.3 is 0 Å². The van der Waals surface area contributed by atoms with E-state index in [0.717, 1.165) is 4.70 Å². The zero-order chi connectivity index (χ0) is 20.1. The molecule has 0 unspecified atom stereocenters. The highest BCUT2D eigenvalue weighted by Crippen LogP contribution is 2.29. The van der Waals surface area contributed by atoms with E-state index in [1.807, 2.05) is 13.8 Å². The third kappa shape index (κ3) is 3.99. The molecule has 5 nitrogen and oxygen atoms in total. The number of allylic oxidation sites excluding steroid dienone is 1. The topological polar surface area (TPSA) is 52.8 Å². The first-order valence-electron chi connectivity index (χ1n) is 8.96. The number of rotatable bonds is 7. The third-order valence-corrected chi connectivity index (χ3v) is 4.99. The van der Waals surface area contributed by atoms with Crippen LogP contribution in [0.1, 0.15) is 24.2 Å². The van der Waals surface area contributed by atoms with Gasteiger partial charge in [0.1, 0.15) is 5.82 Å². The van der Waals surface area contributed by atoms with E-state index in [2.05, 4.69) is 11.6 Å². The zero-order valence-corrected chi connectivity index (χ0v) is 16.6. The number of hydrogen-bond donors (Lipinski definition) is 0.